The number of fused-ring (bicyclic) bond motifs is 1. The van der Waals surface area contributed by atoms with Crippen LogP contribution in [0.15, 0.2) is 51.4 Å². The van der Waals surface area contributed by atoms with Crippen molar-refractivity contribution in [1.82, 2.24) is 35.1 Å². The number of carbonyl (C=O) groups excluding carboxylic acids is 1. The van der Waals surface area contributed by atoms with E-state index in [-0.39, 0.29) is 10.8 Å². The number of rotatable bonds is 9. The van der Waals surface area contributed by atoms with Gasteiger partial charge in [-0.3, -0.25) is 4.79 Å². The molecule has 6 rings (SSSR count). The number of hydrogen-bond acceptors (Lipinski definition) is 7. The van der Waals surface area contributed by atoms with Crippen LogP contribution in [0.2, 0.25) is 5.15 Å². The van der Waals surface area contributed by atoms with Crippen molar-refractivity contribution in [2.75, 3.05) is 6.54 Å². The SMILES string of the molecule is CCCCc1nc(Cl)c(C(=O)N2CCCC2C(=O)O)n1Cc1ccc2oc(-c3ccccc3-c3nn[nH]n3)c(Br)c2c1. The van der Waals surface area contributed by atoms with Gasteiger partial charge in [-0.05, 0) is 58.1 Å². The molecule has 1 aliphatic heterocycles. The van der Waals surface area contributed by atoms with Crippen molar-refractivity contribution in [3.63, 3.8) is 0 Å². The average Bonchev–Trinajstić information content (AvgIpc) is 3.79. The number of benzene rings is 2. The van der Waals surface area contributed by atoms with E-state index in [0.29, 0.717) is 55.3 Å². The lowest BCUT2D eigenvalue weighted by Gasteiger charge is -2.22. The summed E-state index contributed by atoms with van der Waals surface area (Å²) in [5.74, 6) is 0.349. The summed E-state index contributed by atoms with van der Waals surface area (Å²) in [5.41, 5.74) is 3.37. The summed E-state index contributed by atoms with van der Waals surface area (Å²) < 4.78 is 8.88. The second kappa shape index (κ2) is 11.7. The zero-order valence-corrected chi connectivity index (χ0v) is 25.0. The van der Waals surface area contributed by atoms with Crippen LogP contribution in [-0.4, -0.2) is 64.6 Å². The molecule has 1 atom stereocenters. The van der Waals surface area contributed by atoms with Gasteiger partial charge in [-0.15, -0.1) is 10.2 Å². The number of aryl methyl sites for hydroxylation is 1. The molecule has 0 saturated carbocycles. The topological polar surface area (TPSA) is 143 Å². The van der Waals surface area contributed by atoms with E-state index in [1.165, 1.54) is 4.90 Å². The Morgan fingerprint density at radius 1 is 1.21 bits per heavy atom. The molecule has 0 radical (unpaired) electrons. The quantitative estimate of drug-likeness (QED) is 0.198. The van der Waals surface area contributed by atoms with Crippen molar-refractivity contribution in [3.8, 4) is 22.7 Å². The standard InChI is InChI=1S/C29H27BrClN7O4/c1-2-3-10-22-32-26(31)24(28(39)37-13-6-9-20(37)29(40)41)38(22)15-16-11-12-21-19(14-16)23(30)25(42-21)17-7-4-5-8-18(17)27-33-35-36-34-27/h4-5,7-8,11-12,14,20H,2-3,6,9-10,13,15H2,1H3,(H,40,41)(H,33,34,35,36). The van der Waals surface area contributed by atoms with Crippen molar-refractivity contribution < 1.29 is 19.1 Å². The lowest BCUT2D eigenvalue weighted by molar-refractivity contribution is -0.141. The highest BCUT2D eigenvalue weighted by Gasteiger charge is 2.37. The Balaban J connectivity index is 1.39. The fraction of sp³-hybridized carbons (Fsp3) is 0.310. The van der Waals surface area contributed by atoms with Crippen molar-refractivity contribution in [2.24, 2.45) is 0 Å². The van der Waals surface area contributed by atoms with Gasteiger partial charge in [0.1, 0.15) is 28.9 Å². The number of nitrogens with one attached hydrogen (secondary N) is 1. The van der Waals surface area contributed by atoms with Crippen LogP contribution in [0.5, 0.6) is 0 Å². The molecule has 13 heteroatoms. The first-order valence-corrected chi connectivity index (χ1v) is 14.9. The smallest absolute Gasteiger partial charge is 0.326 e. The Bertz CT molecular complexity index is 1780. The number of aliphatic carboxylic acids is 1. The van der Waals surface area contributed by atoms with Gasteiger partial charge < -0.3 is 19.0 Å². The largest absolute Gasteiger partial charge is 0.480 e. The zero-order chi connectivity index (χ0) is 29.4. The molecule has 216 valence electrons. The fourth-order valence-electron chi connectivity index (χ4n) is 5.49. The van der Waals surface area contributed by atoms with Crippen molar-refractivity contribution in [3.05, 3.63) is 69.2 Å². The number of unbranched alkanes of at least 4 members (excludes halogenated alkanes) is 1. The number of carboxylic acids is 1. The molecule has 4 heterocycles. The Morgan fingerprint density at radius 2 is 2.02 bits per heavy atom. The molecule has 1 amide bonds. The van der Waals surface area contributed by atoms with Crippen LogP contribution in [0, 0.1) is 0 Å². The first kappa shape index (κ1) is 28.1. The molecule has 1 unspecified atom stereocenters. The fourth-order valence-corrected chi connectivity index (χ4v) is 6.38. The van der Waals surface area contributed by atoms with E-state index in [1.54, 1.807) is 0 Å². The van der Waals surface area contributed by atoms with Crippen LogP contribution in [0.25, 0.3) is 33.7 Å². The molecule has 3 aromatic heterocycles. The number of tetrazole rings is 1. The number of hydrogen-bond donors (Lipinski definition) is 2. The number of halogens is 2. The Labute approximate surface area is 254 Å². The number of nitrogens with zero attached hydrogens (tertiary/aromatic N) is 6. The van der Waals surface area contributed by atoms with E-state index < -0.39 is 17.9 Å². The van der Waals surface area contributed by atoms with E-state index in [4.69, 9.17) is 16.0 Å². The molecular formula is C29H27BrClN7O4. The summed E-state index contributed by atoms with van der Waals surface area (Å²) in [6.45, 7) is 2.78. The van der Waals surface area contributed by atoms with Gasteiger partial charge in [0.05, 0.1) is 4.47 Å². The minimum atomic E-state index is -1.01. The third-order valence-electron chi connectivity index (χ3n) is 7.55. The van der Waals surface area contributed by atoms with Crippen molar-refractivity contribution >= 4 is 50.4 Å². The maximum absolute atomic E-state index is 13.7. The van der Waals surface area contributed by atoms with Crippen LogP contribution < -0.4 is 0 Å². The second-order valence-corrected chi connectivity index (χ2v) is 11.4. The average molecular weight is 653 g/mol. The number of carboxylic acid groups (broad SMARTS) is 1. The van der Waals surface area contributed by atoms with E-state index in [9.17, 15) is 14.7 Å². The number of furan rings is 1. The molecule has 0 bridgehead atoms. The molecule has 1 fully saturated rings. The third-order valence-corrected chi connectivity index (χ3v) is 8.60. The molecule has 0 spiro atoms. The van der Waals surface area contributed by atoms with Crippen LogP contribution in [0.3, 0.4) is 0 Å². The van der Waals surface area contributed by atoms with Crippen LogP contribution in [0.4, 0.5) is 0 Å². The predicted molar refractivity (Wildman–Crippen MR) is 159 cm³/mol. The molecule has 2 aromatic carbocycles. The summed E-state index contributed by atoms with van der Waals surface area (Å²) in [4.78, 5) is 31.5. The molecular weight excluding hydrogens is 626 g/mol. The van der Waals surface area contributed by atoms with E-state index in [2.05, 4.69) is 48.5 Å². The van der Waals surface area contributed by atoms with E-state index in [0.717, 1.165) is 39.4 Å². The Kier molecular flexibility index (Phi) is 7.82. The monoisotopic (exact) mass is 651 g/mol. The van der Waals surface area contributed by atoms with E-state index in [1.807, 2.05) is 47.0 Å². The normalized spacial score (nSPS) is 15.1. The summed E-state index contributed by atoms with van der Waals surface area (Å²) in [6, 6.07) is 12.6. The Hall–Kier alpha value is -4.03. The van der Waals surface area contributed by atoms with Gasteiger partial charge in [0.2, 0.25) is 5.82 Å². The summed E-state index contributed by atoms with van der Waals surface area (Å²) in [5, 5.41) is 25.1. The van der Waals surface area contributed by atoms with Gasteiger partial charge in [-0.25, -0.2) is 9.78 Å². The number of imidazole rings is 1. The number of aromatic nitrogens is 6. The number of carbonyl (C=O) groups is 2. The van der Waals surface area contributed by atoms with Gasteiger partial charge in [0.15, 0.2) is 5.15 Å². The maximum Gasteiger partial charge on any atom is 0.326 e. The molecule has 42 heavy (non-hydrogen) atoms. The first-order chi connectivity index (χ1) is 20.4. The highest BCUT2D eigenvalue weighted by Crippen LogP contribution is 2.41. The molecule has 5 aromatic rings. The zero-order valence-electron chi connectivity index (χ0n) is 22.7. The molecule has 11 nitrogen and oxygen atoms in total. The van der Waals surface area contributed by atoms with Gasteiger partial charge >= 0.3 is 5.97 Å². The number of amides is 1. The number of H-pyrrole nitrogens is 1. The minimum absolute atomic E-state index is 0.0908. The molecule has 1 saturated heterocycles. The lowest BCUT2D eigenvalue weighted by atomic mass is 10.0. The first-order valence-electron chi connectivity index (χ1n) is 13.7. The van der Waals surface area contributed by atoms with Gasteiger partial charge in [-0.1, -0.05) is 55.3 Å². The van der Waals surface area contributed by atoms with Crippen LogP contribution >= 0.6 is 27.5 Å². The van der Waals surface area contributed by atoms with Gasteiger partial charge in [0, 0.05) is 36.0 Å². The minimum Gasteiger partial charge on any atom is -0.480 e. The van der Waals surface area contributed by atoms with Crippen molar-refractivity contribution in [1.29, 1.82) is 0 Å². The van der Waals surface area contributed by atoms with Gasteiger partial charge in [0.25, 0.3) is 5.91 Å². The van der Waals surface area contributed by atoms with Crippen molar-refractivity contribution in [2.45, 2.75) is 51.6 Å². The molecule has 1 aliphatic rings. The summed E-state index contributed by atoms with van der Waals surface area (Å²) in [6.07, 6.45) is 3.50. The van der Waals surface area contributed by atoms with Crippen LogP contribution in [0.1, 0.15) is 54.5 Å². The highest BCUT2D eigenvalue weighted by molar-refractivity contribution is 9.10. The second-order valence-electron chi connectivity index (χ2n) is 10.2. The summed E-state index contributed by atoms with van der Waals surface area (Å²) in [7, 11) is 0. The lowest BCUT2D eigenvalue weighted by Crippen LogP contribution is -2.41. The van der Waals surface area contributed by atoms with Crippen LogP contribution in [-0.2, 0) is 17.8 Å². The van der Waals surface area contributed by atoms with E-state index >= 15 is 0 Å². The third kappa shape index (κ3) is 5.09. The maximum atomic E-state index is 13.7. The number of likely N-dealkylation sites (tertiary alicyclic amines) is 1. The molecule has 2 N–H and O–H groups in total. The Morgan fingerprint density at radius 3 is 2.76 bits per heavy atom. The number of aromatic amines is 1. The highest BCUT2D eigenvalue weighted by atomic mass is 79.9. The summed E-state index contributed by atoms with van der Waals surface area (Å²) >= 11 is 10.3. The molecule has 0 aliphatic carbocycles. The van der Waals surface area contributed by atoms with Gasteiger partial charge in [-0.2, -0.15) is 5.21 Å². The predicted octanol–water partition coefficient (Wildman–Crippen LogP) is 5.97.